The van der Waals surface area contributed by atoms with Crippen LogP contribution in [0.1, 0.15) is 30.8 Å². The predicted octanol–water partition coefficient (Wildman–Crippen LogP) is 4.43. The third-order valence-electron chi connectivity index (χ3n) is 6.05. The normalized spacial score (nSPS) is 18.3. The first-order valence-corrected chi connectivity index (χ1v) is 11.5. The monoisotopic (exact) mass is 454 g/mol. The average Bonchev–Trinajstić information content (AvgIpc) is 3.19. The van der Waals surface area contributed by atoms with E-state index in [4.69, 9.17) is 25.6 Å². The van der Waals surface area contributed by atoms with Crippen molar-refractivity contribution in [3.05, 3.63) is 58.9 Å². The van der Waals surface area contributed by atoms with Crippen LogP contribution >= 0.6 is 11.6 Å². The van der Waals surface area contributed by atoms with Gasteiger partial charge in [0.15, 0.2) is 11.5 Å². The highest BCUT2D eigenvalue weighted by atomic mass is 35.5. The molecule has 1 fully saturated rings. The topological polar surface area (TPSA) is 63.9 Å². The lowest BCUT2D eigenvalue weighted by atomic mass is 10.1. The van der Waals surface area contributed by atoms with Crippen LogP contribution in [0.25, 0.3) is 11.4 Å². The van der Waals surface area contributed by atoms with Gasteiger partial charge in [-0.05, 0) is 24.6 Å². The van der Waals surface area contributed by atoms with Crippen LogP contribution in [0.3, 0.4) is 0 Å². The summed E-state index contributed by atoms with van der Waals surface area (Å²) in [6, 6.07) is 14.0. The van der Waals surface area contributed by atoms with E-state index < -0.39 is 0 Å². The number of halogens is 1. The maximum atomic E-state index is 6.46. The number of hydrogen-bond acceptors (Lipinski definition) is 7. The van der Waals surface area contributed by atoms with Gasteiger partial charge in [0.1, 0.15) is 0 Å². The fraction of sp³-hybridized carbons (Fsp3) is 0.417. The van der Waals surface area contributed by atoms with Gasteiger partial charge < -0.3 is 14.0 Å². The van der Waals surface area contributed by atoms with Crippen LogP contribution in [0.5, 0.6) is 11.5 Å². The molecule has 1 unspecified atom stereocenters. The van der Waals surface area contributed by atoms with Crippen molar-refractivity contribution in [1.82, 2.24) is 19.9 Å². The highest BCUT2D eigenvalue weighted by molar-refractivity contribution is 6.32. The van der Waals surface area contributed by atoms with Gasteiger partial charge in [-0.15, -0.1) is 0 Å². The molecule has 1 aromatic heterocycles. The average molecular weight is 455 g/mol. The zero-order chi connectivity index (χ0) is 21.9. The number of ether oxygens (including phenoxy) is 2. The largest absolute Gasteiger partial charge is 0.489 e. The molecule has 1 saturated heterocycles. The van der Waals surface area contributed by atoms with Gasteiger partial charge >= 0.3 is 0 Å². The van der Waals surface area contributed by atoms with Gasteiger partial charge in [0.2, 0.25) is 11.7 Å². The molecule has 1 atom stereocenters. The van der Waals surface area contributed by atoms with Gasteiger partial charge in [0.25, 0.3) is 0 Å². The lowest BCUT2D eigenvalue weighted by Crippen LogP contribution is -2.46. The lowest BCUT2D eigenvalue weighted by Gasteiger charge is -2.36. The van der Waals surface area contributed by atoms with Crippen molar-refractivity contribution < 1.29 is 14.0 Å². The van der Waals surface area contributed by atoms with Crippen molar-refractivity contribution in [2.24, 2.45) is 0 Å². The first-order chi connectivity index (χ1) is 15.7. The highest BCUT2D eigenvalue weighted by Gasteiger charge is 2.26. The standard InChI is InChI=1S/C24H27ClN4O3/c1-17(24-26-23(27-32-24)19-6-3-2-4-7-19)29-10-8-28(9-11-29)16-18-14-20(25)22-21(15-18)30-12-5-13-31-22/h2-4,6-7,14-15,17H,5,8-13,16H2,1H3. The second kappa shape index (κ2) is 9.48. The van der Waals surface area contributed by atoms with Crippen molar-refractivity contribution in [3.63, 3.8) is 0 Å². The summed E-state index contributed by atoms with van der Waals surface area (Å²) in [5, 5.41) is 4.79. The van der Waals surface area contributed by atoms with Gasteiger partial charge in [0, 0.05) is 44.7 Å². The van der Waals surface area contributed by atoms with Gasteiger partial charge in [-0.3, -0.25) is 9.80 Å². The lowest BCUT2D eigenvalue weighted by molar-refractivity contribution is 0.0845. The van der Waals surface area contributed by atoms with E-state index in [1.807, 2.05) is 36.4 Å². The summed E-state index contributed by atoms with van der Waals surface area (Å²) in [5.41, 5.74) is 2.11. The Morgan fingerprint density at radius 3 is 2.62 bits per heavy atom. The Labute approximate surface area is 192 Å². The van der Waals surface area contributed by atoms with Crippen LogP contribution in [0.15, 0.2) is 47.0 Å². The number of hydrogen-bond donors (Lipinski definition) is 0. The third-order valence-corrected chi connectivity index (χ3v) is 6.33. The molecule has 32 heavy (non-hydrogen) atoms. The molecule has 0 N–H and O–H groups in total. The molecule has 0 bridgehead atoms. The molecular formula is C24H27ClN4O3. The van der Waals surface area contributed by atoms with Gasteiger partial charge in [-0.1, -0.05) is 47.1 Å². The predicted molar refractivity (Wildman–Crippen MR) is 122 cm³/mol. The Morgan fingerprint density at radius 1 is 1.03 bits per heavy atom. The van der Waals surface area contributed by atoms with Crippen molar-refractivity contribution >= 4 is 11.6 Å². The van der Waals surface area contributed by atoms with E-state index in [9.17, 15) is 0 Å². The van der Waals surface area contributed by atoms with E-state index in [0.29, 0.717) is 35.7 Å². The van der Waals surface area contributed by atoms with E-state index in [1.165, 1.54) is 0 Å². The first-order valence-electron chi connectivity index (χ1n) is 11.1. The molecule has 168 valence electrons. The Balaban J connectivity index is 1.19. The Bertz CT molecular complexity index is 1050. The fourth-order valence-electron chi connectivity index (χ4n) is 4.21. The van der Waals surface area contributed by atoms with Crippen molar-refractivity contribution in [2.75, 3.05) is 39.4 Å². The minimum atomic E-state index is 0.0783. The van der Waals surface area contributed by atoms with Crippen LogP contribution in [0.2, 0.25) is 5.02 Å². The molecule has 2 aliphatic heterocycles. The molecule has 2 aromatic carbocycles. The third kappa shape index (κ3) is 4.60. The van der Waals surface area contributed by atoms with Crippen molar-refractivity contribution in [1.29, 1.82) is 0 Å². The van der Waals surface area contributed by atoms with E-state index in [1.54, 1.807) is 0 Å². The van der Waals surface area contributed by atoms with Crippen LogP contribution in [0, 0.1) is 0 Å². The minimum Gasteiger partial charge on any atom is -0.489 e. The number of rotatable bonds is 5. The summed E-state index contributed by atoms with van der Waals surface area (Å²) in [7, 11) is 0. The van der Waals surface area contributed by atoms with E-state index >= 15 is 0 Å². The van der Waals surface area contributed by atoms with E-state index in [2.05, 4.69) is 32.9 Å². The number of benzene rings is 2. The fourth-order valence-corrected chi connectivity index (χ4v) is 4.50. The number of nitrogens with zero attached hydrogens (tertiary/aromatic N) is 4. The highest BCUT2D eigenvalue weighted by Crippen LogP contribution is 2.38. The first kappa shape index (κ1) is 21.2. The summed E-state index contributed by atoms with van der Waals surface area (Å²) in [6.45, 7) is 8.03. The quantitative estimate of drug-likeness (QED) is 0.565. The molecule has 3 aromatic rings. The summed E-state index contributed by atoms with van der Waals surface area (Å²) >= 11 is 6.46. The summed E-state index contributed by atoms with van der Waals surface area (Å²) < 4.78 is 17.1. The molecule has 0 spiro atoms. The number of aromatic nitrogens is 2. The van der Waals surface area contributed by atoms with Crippen LogP contribution in [-0.4, -0.2) is 59.3 Å². The second-order valence-electron chi connectivity index (χ2n) is 8.27. The number of piperazine rings is 1. The summed E-state index contributed by atoms with van der Waals surface area (Å²) in [4.78, 5) is 9.45. The van der Waals surface area contributed by atoms with Crippen LogP contribution < -0.4 is 9.47 Å². The smallest absolute Gasteiger partial charge is 0.244 e. The summed E-state index contributed by atoms with van der Waals surface area (Å²) in [6.07, 6.45) is 0.868. The molecule has 0 radical (unpaired) electrons. The van der Waals surface area contributed by atoms with Crippen molar-refractivity contribution in [3.8, 4) is 22.9 Å². The Morgan fingerprint density at radius 2 is 1.81 bits per heavy atom. The molecule has 0 aliphatic carbocycles. The molecule has 3 heterocycles. The Kier molecular flexibility index (Phi) is 6.30. The second-order valence-corrected chi connectivity index (χ2v) is 8.67. The molecule has 0 amide bonds. The summed E-state index contributed by atoms with van der Waals surface area (Å²) in [5.74, 6) is 2.72. The van der Waals surface area contributed by atoms with Crippen molar-refractivity contribution in [2.45, 2.75) is 25.9 Å². The zero-order valence-corrected chi connectivity index (χ0v) is 18.9. The van der Waals surface area contributed by atoms with E-state index in [-0.39, 0.29) is 6.04 Å². The minimum absolute atomic E-state index is 0.0783. The molecule has 0 saturated carbocycles. The molecule has 2 aliphatic rings. The maximum Gasteiger partial charge on any atom is 0.244 e. The SMILES string of the molecule is CC(c1nc(-c2ccccc2)no1)N1CCN(Cc2cc(Cl)c3c(c2)OCCCO3)CC1. The van der Waals surface area contributed by atoms with Gasteiger partial charge in [0.05, 0.1) is 24.3 Å². The molecular weight excluding hydrogens is 428 g/mol. The Hall–Kier alpha value is -2.61. The van der Waals surface area contributed by atoms with Gasteiger partial charge in [-0.2, -0.15) is 4.98 Å². The molecule has 8 heteroatoms. The number of fused-ring (bicyclic) bond motifs is 1. The zero-order valence-electron chi connectivity index (χ0n) is 18.2. The van der Waals surface area contributed by atoms with Crippen LogP contribution in [-0.2, 0) is 6.54 Å². The van der Waals surface area contributed by atoms with Gasteiger partial charge in [-0.25, -0.2) is 0 Å². The van der Waals surface area contributed by atoms with Crippen LogP contribution in [0.4, 0.5) is 0 Å². The van der Waals surface area contributed by atoms with E-state index in [0.717, 1.165) is 56.0 Å². The molecule has 7 nitrogen and oxygen atoms in total. The molecule has 5 rings (SSSR count). The maximum absolute atomic E-state index is 6.46.